The van der Waals surface area contributed by atoms with Gasteiger partial charge in [-0.15, -0.1) is 0 Å². The molecule has 0 heterocycles. The van der Waals surface area contributed by atoms with Gasteiger partial charge >= 0.3 is 91.6 Å². The first kappa shape index (κ1) is 16.2. The summed E-state index contributed by atoms with van der Waals surface area (Å²) in [7, 11) is -4.67. The number of hydrogen-bond acceptors (Lipinski definition) is 2. The van der Waals surface area contributed by atoms with E-state index < -0.39 is 10.4 Å². The Morgan fingerprint density at radius 3 is 1.14 bits per heavy atom. The molecule has 0 amide bonds. The second-order valence-electron chi connectivity index (χ2n) is 0.448. The summed E-state index contributed by atoms with van der Waals surface area (Å²) in [4.78, 5) is 0. The molecule has 0 aromatic rings. The van der Waals surface area contributed by atoms with Crippen molar-refractivity contribution in [1.82, 2.24) is 0 Å². The zero-order valence-corrected chi connectivity index (χ0v) is 2.94. The standard InChI is InChI=1S/Mg.H2O4S.Rb.3H/c;1-5(2,3)4;;;;/h;(H2,1,2,3,4);;;;. The summed E-state index contributed by atoms with van der Waals surface area (Å²) in [5.74, 6) is 0. The van der Waals surface area contributed by atoms with Crippen LogP contribution in [0.3, 0.4) is 0 Å². The summed E-state index contributed by atoms with van der Waals surface area (Å²) < 4.78 is 31.6. The minimum absolute atomic E-state index is 0. The van der Waals surface area contributed by atoms with Gasteiger partial charge < -0.3 is 0 Å². The Balaban J connectivity index is -0.0000000800. The summed E-state index contributed by atoms with van der Waals surface area (Å²) in [6.07, 6.45) is 0. The molecular formula is H5MgO4RbS. The molecule has 0 atom stereocenters. The summed E-state index contributed by atoms with van der Waals surface area (Å²) in [5.41, 5.74) is 0. The molecule has 0 aromatic heterocycles. The van der Waals surface area contributed by atoms with Crippen LogP contribution in [0.25, 0.3) is 0 Å². The molecule has 0 aliphatic carbocycles. The second kappa shape index (κ2) is 6.56. The van der Waals surface area contributed by atoms with Crippen molar-refractivity contribution in [3.63, 3.8) is 0 Å². The van der Waals surface area contributed by atoms with Gasteiger partial charge in [-0.05, 0) is 0 Å². The van der Waals surface area contributed by atoms with Gasteiger partial charge in [-0.1, -0.05) is 0 Å². The van der Waals surface area contributed by atoms with E-state index in [0.29, 0.717) is 0 Å². The van der Waals surface area contributed by atoms with Crippen molar-refractivity contribution >= 4 is 91.6 Å². The predicted molar refractivity (Wildman–Crippen MR) is 29.9 cm³/mol. The Bertz CT molecular complexity index is 94.9. The molecule has 0 aromatic carbocycles. The van der Waals surface area contributed by atoms with Crippen molar-refractivity contribution in [1.29, 1.82) is 0 Å². The molecule has 7 heavy (non-hydrogen) atoms. The molecule has 0 aliphatic rings. The summed E-state index contributed by atoms with van der Waals surface area (Å²) >= 11 is 0. The Kier molecular flexibility index (Phi) is 15.2. The molecule has 0 bridgehead atoms. The molecule has 38 valence electrons. The van der Waals surface area contributed by atoms with Crippen LogP contribution in [0.1, 0.15) is 0 Å². The molecule has 0 fully saturated rings. The van der Waals surface area contributed by atoms with Gasteiger partial charge in [0.25, 0.3) is 0 Å². The van der Waals surface area contributed by atoms with Crippen LogP contribution in [0.15, 0.2) is 0 Å². The van der Waals surface area contributed by atoms with Crippen LogP contribution in [0, 0.1) is 0 Å². The molecule has 0 unspecified atom stereocenters. The summed E-state index contributed by atoms with van der Waals surface area (Å²) in [6.45, 7) is 0. The monoisotopic (exact) mass is 210 g/mol. The van der Waals surface area contributed by atoms with Crippen LogP contribution in [-0.4, -0.2) is 98.8 Å². The first-order chi connectivity index (χ1) is 2.00. The SMILES string of the molecule is O=S(=O)(O)O.[MgH2].[RbH]. The molecule has 7 heteroatoms. The molecular weight excluding hydrogens is 206 g/mol. The average molecular weight is 211 g/mol. The van der Waals surface area contributed by atoms with Crippen LogP contribution < -0.4 is 0 Å². The van der Waals surface area contributed by atoms with Crippen molar-refractivity contribution in [2.24, 2.45) is 0 Å². The normalized spacial score (nSPS) is 8.29. The predicted octanol–water partition coefficient (Wildman–Crippen LogP) is -2.22. The van der Waals surface area contributed by atoms with Gasteiger partial charge in [0.1, 0.15) is 0 Å². The zero-order chi connectivity index (χ0) is 4.50. The molecule has 4 nitrogen and oxygen atoms in total. The van der Waals surface area contributed by atoms with Crippen LogP contribution in [0.2, 0.25) is 0 Å². The van der Waals surface area contributed by atoms with Crippen LogP contribution >= 0.6 is 0 Å². The van der Waals surface area contributed by atoms with Crippen molar-refractivity contribution in [3.8, 4) is 0 Å². The van der Waals surface area contributed by atoms with Crippen LogP contribution in [-0.2, 0) is 10.4 Å². The Morgan fingerprint density at radius 2 is 1.14 bits per heavy atom. The van der Waals surface area contributed by atoms with Crippen LogP contribution in [0.5, 0.6) is 0 Å². The van der Waals surface area contributed by atoms with Crippen LogP contribution in [0.4, 0.5) is 0 Å². The molecule has 0 saturated carbocycles. The quantitative estimate of drug-likeness (QED) is 0.351. The first-order valence-corrected chi connectivity index (χ1v) is 2.10. The van der Waals surface area contributed by atoms with E-state index >= 15 is 0 Å². The average Bonchev–Trinajstić information content (AvgIpc) is 0.722. The molecule has 2 N–H and O–H groups in total. The van der Waals surface area contributed by atoms with E-state index in [2.05, 4.69) is 0 Å². The van der Waals surface area contributed by atoms with Crippen molar-refractivity contribution in [3.05, 3.63) is 0 Å². The van der Waals surface area contributed by atoms with E-state index in [1.165, 1.54) is 0 Å². The van der Waals surface area contributed by atoms with Gasteiger partial charge in [0.2, 0.25) is 0 Å². The van der Waals surface area contributed by atoms with Gasteiger partial charge in [0.15, 0.2) is 0 Å². The van der Waals surface area contributed by atoms with Crippen molar-refractivity contribution in [2.45, 2.75) is 0 Å². The number of hydrogen-bond donors (Lipinski definition) is 2. The third-order valence-electron chi connectivity index (χ3n) is 0. The maximum absolute atomic E-state index is 8.74. The number of rotatable bonds is 0. The van der Waals surface area contributed by atoms with E-state index in [1.54, 1.807) is 0 Å². The van der Waals surface area contributed by atoms with E-state index in [9.17, 15) is 0 Å². The van der Waals surface area contributed by atoms with Crippen molar-refractivity contribution < 1.29 is 17.5 Å². The molecule has 0 radical (unpaired) electrons. The summed E-state index contributed by atoms with van der Waals surface area (Å²) in [5, 5.41) is 0. The zero-order valence-electron chi connectivity index (χ0n) is 2.12. The second-order valence-corrected chi connectivity index (χ2v) is 1.34. The Labute approximate surface area is 107 Å². The van der Waals surface area contributed by atoms with Gasteiger partial charge in [-0.3, -0.25) is 9.11 Å². The van der Waals surface area contributed by atoms with E-state index in [0.717, 1.165) is 0 Å². The van der Waals surface area contributed by atoms with E-state index in [1.807, 2.05) is 0 Å². The van der Waals surface area contributed by atoms with Crippen molar-refractivity contribution in [2.75, 3.05) is 0 Å². The first-order valence-electron chi connectivity index (χ1n) is 0.698. The fourth-order valence-electron chi connectivity index (χ4n) is 0. The van der Waals surface area contributed by atoms with E-state index in [-0.39, 0.29) is 81.2 Å². The Morgan fingerprint density at radius 1 is 1.14 bits per heavy atom. The van der Waals surface area contributed by atoms with Gasteiger partial charge in [-0.25, -0.2) is 0 Å². The van der Waals surface area contributed by atoms with Gasteiger partial charge in [0, 0.05) is 0 Å². The van der Waals surface area contributed by atoms with Gasteiger partial charge in [0.05, 0.1) is 0 Å². The molecule has 0 spiro atoms. The topological polar surface area (TPSA) is 74.6 Å². The molecule has 0 rings (SSSR count). The minimum atomic E-state index is -4.67. The summed E-state index contributed by atoms with van der Waals surface area (Å²) in [6, 6.07) is 0. The third-order valence-corrected chi connectivity index (χ3v) is 0. The Hall–Kier alpha value is 2.44. The molecule has 0 aliphatic heterocycles. The fourth-order valence-corrected chi connectivity index (χ4v) is 0. The fraction of sp³-hybridized carbons (Fsp3) is 0. The molecule has 0 saturated heterocycles. The maximum atomic E-state index is 8.74. The van der Waals surface area contributed by atoms with Gasteiger partial charge in [-0.2, -0.15) is 8.42 Å². The van der Waals surface area contributed by atoms with E-state index in [4.69, 9.17) is 17.5 Å². The third kappa shape index (κ3) is 58.8.